The summed E-state index contributed by atoms with van der Waals surface area (Å²) in [4.78, 5) is 17.7. The molecule has 4 rings (SSSR count). The van der Waals surface area contributed by atoms with Gasteiger partial charge in [-0.05, 0) is 62.7 Å². The summed E-state index contributed by atoms with van der Waals surface area (Å²) in [5.41, 5.74) is 2.72. The smallest absolute Gasteiger partial charge is 0.279 e. The third-order valence-electron chi connectivity index (χ3n) is 7.64. The molecule has 1 aliphatic heterocycles. The first-order valence-corrected chi connectivity index (χ1v) is 11.0. The van der Waals surface area contributed by atoms with Crippen molar-refractivity contribution >= 4 is 5.91 Å². The van der Waals surface area contributed by atoms with Crippen molar-refractivity contribution in [3.8, 4) is 0 Å². The van der Waals surface area contributed by atoms with Gasteiger partial charge in [0.15, 0.2) is 6.23 Å². The molecule has 8 unspecified atom stereocenters. The zero-order chi connectivity index (χ0) is 20.5. The summed E-state index contributed by atoms with van der Waals surface area (Å²) in [7, 11) is 0. The zero-order valence-electron chi connectivity index (χ0n) is 16.5. The van der Waals surface area contributed by atoms with E-state index in [0.717, 1.165) is 38.5 Å². The Morgan fingerprint density at radius 3 is 2.66 bits per heavy atom. The third-order valence-corrected chi connectivity index (χ3v) is 7.64. The zero-order valence-corrected chi connectivity index (χ0v) is 16.5. The van der Waals surface area contributed by atoms with Crippen molar-refractivity contribution in [2.75, 3.05) is 6.61 Å². The van der Waals surface area contributed by atoms with Crippen LogP contribution in [0.3, 0.4) is 0 Å². The van der Waals surface area contributed by atoms with Gasteiger partial charge in [-0.15, -0.1) is 0 Å². The van der Waals surface area contributed by atoms with E-state index in [2.05, 4.69) is 16.1 Å². The second kappa shape index (κ2) is 9.08. The minimum atomic E-state index is -2.57. The number of rotatable bonds is 5. The van der Waals surface area contributed by atoms with Gasteiger partial charge in [0.05, 0.1) is 12.1 Å². The van der Waals surface area contributed by atoms with Crippen LogP contribution in [0.2, 0.25) is 0 Å². The van der Waals surface area contributed by atoms with E-state index in [9.17, 15) is 23.1 Å². The van der Waals surface area contributed by atoms with Crippen LogP contribution in [0.4, 0.5) is 13.2 Å². The maximum absolute atomic E-state index is 14.6. The molecular weight excluding hydrogens is 387 g/mol. The second-order valence-corrected chi connectivity index (χ2v) is 9.25. The summed E-state index contributed by atoms with van der Waals surface area (Å²) in [6.07, 6.45) is 1.13. The monoisotopic (exact) mass is 419 g/mol. The molecule has 3 saturated carbocycles. The lowest BCUT2D eigenvalue weighted by molar-refractivity contribution is -0.131. The largest absolute Gasteiger partial charge is 0.396 e. The van der Waals surface area contributed by atoms with Crippen LogP contribution in [0.5, 0.6) is 0 Å². The number of carbonyl (C=O) groups excluding carboxylic acids is 1. The van der Waals surface area contributed by atoms with Crippen LogP contribution in [0.1, 0.15) is 51.4 Å². The molecule has 1 saturated heterocycles. The summed E-state index contributed by atoms with van der Waals surface area (Å²) >= 11 is 0. The van der Waals surface area contributed by atoms with Gasteiger partial charge < -0.3 is 10.4 Å². The van der Waals surface area contributed by atoms with E-state index in [4.69, 9.17) is 4.84 Å². The van der Waals surface area contributed by atoms with Gasteiger partial charge in [0.25, 0.3) is 6.43 Å². The van der Waals surface area contributed by atoms with Gasteiger partial charge in [0.2, 0.25) is 5.91 Å². The standard InChI is InChI=1S/C20H32F3N3O3/c21-16-12(9-27)2-1-3-14(16)19(28)24-15-7-5-10-8-11(4-6-13(10)15)18-25-20(17(22)23)29-26-18/h10-18,20,25-27H,1-9H2,(H,24,28)/t10?,11?,12?,13?,14?,15-,16?,18?,20?/m1/s1. The maximum atomic E-state index is 14.6. The van der Waals surface area contributed by atoms with E-state index >= 15 is 0 Å². The van der Waals surface area contributed by atoms with Crippen LogP contribution in [-0.2, 0) is 9.63 Å². The molecule has 4 aliphatic rings. The molecule has 166 valence electrons. The van der Waals surface area contributed by atoms with Gasteiger partial charge in [0, 0.05) is 18.6 Å². The molecule has 0 aromatic heterocycles. The van der Waals surface area contributed by atoms with E-state index in [1.165, 1.54) is 0 Å². The highest BCUT2D eigenvalue weighted by Crippen LogP contribution is 2.45. The van der Waals surface area contributed by atoms with Crippen molar-refractivity contribution in [2.24, 2.45) is 29.6 Å². The van der Waals surface area contributed by atoms with Gasteiger partial charge in [-0.3, -0.25) is 14.9 Å². The van der Waals surface area contributed by atoms with Crippen molar-refractivity contribution in [1.82, 2.24) is 16.1 Å². The lowest BCUT2D eigenvalue weighted by atomic mass is 9.73. The van der Waals surface area contributed by atoms with Gasteiger partial charge in [-0.25, -0.2) is 13.2 Å². The molecule has 0 spiro atoms. The Bertz CT molecular complexity index is 584. The number of hydroxylamine groups is 1. The first kappa shape index (κ1) is 21.3. The van der Waals surface area contributed by atoms with Gasteiger partial charge in [-0.2, -0.15) is 5.48 Å². The highest BCUT2D eigenvalue weighted by atomic mass is 19.3. The van der Waals surface area contributed by atoms with Crippen LogP contribution >= 0.6 is 0 Å². The van der Waals surface area contributed by atoms with Crippen LogP contribution < -0.4 is 16.1 Å². The molecule has 9 atom stereocenters. The number of alkyl halides is 3. The Kier molecular flexibility index (Phi) is 6.68. The molecule has 1 amide bonds. The third kappa shape index (κ3) is 4.43. The summed E-state index contributed by atoms with van der Waals surface area (Å²) in [5, 5.41) is 15.3. The Balaban J connectivity index is 1.29. The average molecular weight is 419 g/mol. The van der Waals surface area contributed by atoms with Gasteiger partial charge in [0.1, 0.15) is 6.17 Å². The number of nitrogens with one attached hydrogen (secondary N) is 3. The Morgan fingerprint density at radius 1 is 1.14 bits per heavy atom. The summed E-state index contributed by atoms with van der Waals surface area (Å²) < 4.78 is 40.2. The van der Waals surface area contributed by atoms with Crippen LogP contribution in [0.15, 0.2) is 0 Å². The number of aliphatic hydroxyl groups is 1. The fourth-order valence-corrected chi connectivity index (χ4v) is 6.03. The predicted octanol–water partition coefficient (Wildman–Crippen LogP) is 2.09. The SMILES string of the molecule is O=C(N[C@@H]1CCC2CC(C3NOC(C(F)F)N3)CCC21)C1CCCC(CO)C1F. The summed E-state index contributed by atoms with van der Waals surface area (Å²) in [5.74, 6) is -0.294. The highest BCUT2D eigenvalue weighted by Gasteiger charge is 2.46. The number of aliphatic hydroxyl groups excluding tert-OH is 1. The fourth-order valence-electron chi connectivity index (χ4n) is 6.03. The van der Waals surface area contributed by atoms with Crippen molar-refractivity contribution in [3.63, 3.8) is 0 Å². The van der Waals surface area contributed by atoms with E-state index in [-0.39, 0.29) is 30.6 Å². The normalized spacial score (nSPS) is 45.3. The van der Waals surface area contributed by atoms with E-state index in [1.807, 2.05) is 0 Å². The number of halogens is 3. The quantitative estimate of drug-likeness (QED) is 0.549. The van der Waals surface area contributed by atoms with Crippen LogP contribution in [0.25, 0.3) is 0 Å². The molecular formula is C20H32F3N3O3. The molecule has 3 aliphatic carbocycles. The fraction of sp³-hybridized carbons (Fsp3) is 0.950. The van der Waals surface area contributed by atoms with Gasteiger partial charge >= 0.3 is 0 Å². The lowest BCUT2D eigenvalue weighted by Gasteiger charge is -2.37. The summed E-state index contributed by atoms with van der Waals surface area (Å²) in [6, 6.07) is 0.0599. The van der Waals surface area contributed by atoms with Crippen molar-refractivity contribution in [2.45, 2.75) is 82.4 Å². The Morgan fingerprint density at radius 2 is 1.93 bits per heavy atom. The molecule has 0 aromatic carbocycles. The number of fused-ring (bicyclic) bond motifs is 1. The molecule has 4 fully saturated rings. The van der Waals surface area contributed by atoms with Gasteiger partial charge in [-0.1, -0.05) is 6.42 Å². The highest BCUT2D eigenvalue weighted by molar-refractivity contribution is 5.79. The van der Waals surface area contributed by atoms with Crippen molar-refractivity contribution in [1.29, 1.82) is 0 Å². The maximum Gasteiger partial charge on any atom is 0.279 e. The minimum Gasteiger partial charge on any atom is -0.396 e. The lowest BCUT2D eigenvalue weighted by Crippen LogP contribution is -2.49. The van der Waals surface area contributed by atoms with Crippen molar-refractivity contribution < 1.29 is 27.9 Å². The molecule has 4 N–H and O–H groups in total. The van der Waals surface area contributed by atoms with E-state index < -0.39 is 30.7 Å². The average Bonchev–Trinajstić information content (AvgIpc) is 3.35. The Labute approximate surface area is 169 Å². The first-order chi connectivity index (χ1) is 14.0. The molecule has 0 bridgehead atoms. The molecule has 1 heterocycles. The Hall–Kier alpha value is -0.900. The van der Waals surface area contributed by atoms with E-state index in [0.29, 0.717) is 24.7 Å². The number of hydrogen-bond donors (Lipinski definition) is 4. The predicted molar refractivity (Wildman–Crippen MR) is 99.2 cm³/mol. The molecule has 0 radical (unpaired) electrons. The van der Waals surface area contributed by atoms with E-state index in [1.54, 1.807) is 0 Å². The first-order valence-electron chi connectivity index (χ1n) is 11.0. The van der Waals surface area contributed by atoms with Crippen molar-refractivity contribution in [3.05, 3.63) is 0 Å². The van der Waals surface area contributed by atoms with Crippen LogP contribution in [-0.4, -0.2) is 48.7 Å². The summed E-state index contributed by atoms with van der Waals surface area (Å²) in [6.45, 7) is -0.209. The number of amides is 1. The minimum absolute atomic E-state index is 0.0599. The molecule has 0 aromatic rings. The molecule has 6 nitrogen and oxygen atoms in total. The van der Waals surface area contributed by atoms with Crippen LogP contribution in [0, 0.1) is 29.6 Å². The number of hydrogen-bond acceptors (Lipinski definition) is 5. The number of carbonyl (C=O) groups is 1. The molecule has 9 heteroatoms. The second-order valence-electron chi connectivity index (χ2n) is 9.25. The topological polar surface area (TPSA) is 82.6 Å². The molecule has 29 heavy (non-hydrogen) atoms.